The third-order valence-corrected chi connectivity index (χ3v) is 1.64. The van der Waals surface area contributed by atoms with Gasteiger partial charge in [0.25, 0.3) is 5.91 Å². The van der Waals surface area contributed by atoms with E-state index in [4.69, 9.17) is 5.73 Å². The molecule has 1 aromatic rings. The van der Waals surface area contributed by atoms with E-state index < -0.39 is 0 Å². The highest BCUT2D eigenvalue weighted by molar-refractivity contribution is 7.80. The summed E-state index contributed by atoms with van der Waals surface area (Å²) in [4.78, 5) is 11.1. The number of nitrogens with one attached hydrogen (secondary N) is 2. The van der Waals surface area contributed by atoms with Gasteiger partial charge in [-0.25, -0.2) is 0 Å². The molecule has 0 fully saturated rings. The summed E-state index contributed by atoms with van der Waals surface area (Å²) in [5, 5.41) is 0.0245. The van der Waals surface area contributed by atoms with Gasteiger partial charge in [-0.1, -0.05) is 30.3 Å². The first kappa shape index (κ1) is 11.2. The Labute approximate surface area is 93.1 Å². The summed E-state index contributed by atoms with van der Waals surface area (Å²) in [5.41, 5.74) is 10.7. The number of rotatable bonds is 2. The van der Waals surface area contributed by atoms with Crippen molar-refractivity contribution in [3.63, 3.8) is 0 Å². The van der Waals surface area contributed by atoms with Gasteiger partial charge in [0.1, 0.15) is 0 Å². The zero-order valence-electron chi connectivity index (χ0n) is 7.94. The van der Waals surface area contributed by atoms with E-state index in [-0.39, 0.29) is 11.0 Å². The standard InChI is InChI=1S/C10H11N3OS/c11-10(15)13-12-9(14)7-6-8-4-2-1-3-5-8/h1-7H,(H,12,14)(H3,11,13,15). The molecule has 15 heavy (non-hydrogen) atoms. The molecule has 1 aromatic carbocycles. The highest BCUT2D eigenvalue weighted by Gasteiger charge is 1.93. The molecule has 0 unspecified atom stereocenters. The number of thiocarbonyl (C=S) groups is 1. The lowest BCUT2D eigenvalue weighted by molar-refractivity contribution is -0.116. The first-order valence-electron chi connectivity index (χ1n) is 4.27. The Morgan fingerprint density at radius 1 is 1.27 bits per heavy atom. The molecule has 4 nitrogen and oxygen atoms in total. The molecule has 0 radical (unpaired) electrons. The lowest BCUT2D eigenvalue weighted by Gasteiger charge is -2.02. The molecule has 0 bridgehead atoms. The van der Waals surface area contributed by atoms with Gasteiger partial charge in [-0.2, -0.15) is 0 Å². The van der Waals surface area contributed by atoms with E-state index in [2.05, 4.69) is 23.1 Å². The fourth-order valence-corrected chi connectivity index (χ4v) is 0.952. The van der Waals surface area contributed by atoms with Crippen LogP contribution in [-0.2, 0) is 4.79 Å². The number of amides is 1. The van der Waals surface area contributed by atoms with Gasteiger partial charge in [0.2, 0.25) is 0 Å². The molecular weight excluding hydrogens is 210 g/mol. The average molecular weight is 221 g/mol. The Morgan fingerprint density at radius 3 is 2.53 bits per heavy atom. The first-order valence-corrected chi connectivity index (χ1v) is 4.68. The summed E-state index contributed by atoms with van der Waals surface area (Å²) in [7, 11) is 0. The second-order valence-electron chi connectivity index (χ2n) is 2.72. The van der Waals surface area contributed by atoms with Crippen LogP contribution >= 0.6 is 12.2 Å². The number of hydrogen-bond donors (Lipinski definition) is 3. The van der Waals surface area contributed by atoms with Gasteiger partial charge >= 0.3 is 0 Å². The predicted molar refractivity (Wildman–Crippen MR) is 63.5 cm³/mol. The minimum absolute atomic E-state index is 0.0245. The summed E-state index contributed by atoms with van der Waals surface area (Å²) in [6.07, 6.45) is 3.08. The summed E-state index contributed by atoms with van der Waals surface area (Å²) in [6.45, 7) is 0. The lowest BCUT2D eigenvalue weighted by atomic mass is 10.2. The fourth-order valence-electron chi connectivity index (χ4n) is 0.901. The summed E-state index contributed by atoms with van der Waals surface area (Å²) in [5.74, 6) is -0.313. The highest BCUT2D eigenvalue weighted by atomic mass is 32.1. The maximum absolute atomic E-state index is 11.1. The maximum Gasteiger partial charge on any atom is 0.262 e. The molecule has 4 N–H and O–H groups in total. The number of benzene rings is 1. The maximum atomic E-state index is 11.1. The van der Waals surface area contributed by atoms with Gasteiger partial charge in [0, 0.05) is 6.08 Å². The molecule has 0 aliphatic heterocycles. The molecule has 0 aromatic heterocycles. The van der Waals surface area contributed by atoms with Crippen LogP contribution in [0.2, 0.25) is 0 Å². The van der Waals surface area contributed by atoms with Crippen molar-refractivity contribution in [1.82, 2.24) is 10.9 Å². The van der Waals surface area contributed by atoms with Gasteiger partial charge in [-0.05, 0) is 23.9 Å². The summed E-state index contributed by atoms with van der Waals surface area (Å²) >= 11 is 4.52. The van der Waals surface area contributed by atoms with E-state index in [1.54, 1.807) is 6.08 Å². The molecule has 78 valence electrons. The van der Waals surface area contributed by atoms with Crippen molar-refractivity contribution in [2.75, 3.05) is 0 Å². The van der Waals surface area contributed by atoms with E-state index in [0.717, 1.165) is 5.56 Å². The van der Waals surface area contributed by atoms with E-state index >= 15 is 0 Å². The van der Waals surface area contributed by atoms with Crippen LogP contribution in [-0.4, -0.2) is 11.0 Å². The van der Waals surface area contributed by atoms with Crippen LogP contribution in [0.15, 0.2) is 36.4 Å². The highest BCUT2D eigenvalue weighted by Crippen LogP contribution is 1.99. The van der Waals surface area contributed by atoms with E-state index in [0.29, 0.717) is 0 Å². The van der Waals surface area contributed by atoms with Crippen LogP contribution in [0.1, 0.15) is 5.56 Å². The Kier molecular flexibility index (Phi) is 4.30. The van der Waals surface area contributed by atoms with Crippen LogP contribution in [0.25, 0.3) is 6.08 Å². The SMILES string of the molecule is NC(=S)NNC(=O)C=Cc1ccccc1. The minimum atomic E-state index is -0.313. The summed E-state index contributed by atoms with van der Waals surface area (Å²) in [6, 6.07) is 9.48. The lowest BCUT2D eigenvalue weighted by Crippen LogP contribution is -2.43. The van der Waals surface area contributed by atoms with Crippen LogP contribution in [0.5, 0.6) is 0 Å². The van der Waals surface area contributed by atoms with Gasteiger partial charge in [-0.15, -0.1) is 0 Å². The van der Waals surface area contributed by atoms with E-state index in [9.17, 15) is 4.79 Å². The Bertz CT molecular complexity index is 376. The van der Waals surface area contributed by atoms with E-state index in [1.165, 1.54) is 6.08 Å². The monoisotopic (exact) mass is 221 g/mol. The van der Waals surface area contributed by atoms with Crippen molar-refractivity contribution < 1.29 is 4.79 Å². The summed E-state index contributed by atoms with van der Waals surface area (Å²) < 4.78 is 0. The fraction of sp³-hybridized carbons (Fsp3) is 0. The predicted octanol–water partition coefficient (Wildman–Crippen LogP) is 0.564. The van der Waals surface area contributed by atoms with Crippen molar-refractivity contribution in [2.45, 2.75) is 0 Å². The molecule has 0 heterocycles. The van der Waals surface area contributed by atoms with E-state index in [1.807, 2.05) is 30.3 Å². The molecule has 0 aliphatic rings. The molecule has 1 rings (SSSR count). The van der Waals surface area contributed by atoms with Crippen molar-refractivity contribution in [3.05, 3.63) is 42.0 Å². The number of carbonyl (C=O) groups excluding carboxylic acids is 1. The van der Waals surface area contributed by atoms with Gasteiger partial charge in [0.05, 0.1) is 0 Å². The van der Waals surface area contributed by atoms with Crippen LogP contribution < -0.4 is 16.6 Å². The van der Waals surface area contributed by atoms with Gasteiger partial charge in [-0.3, -0.25) is 15.6 Å². The third kappa shape index (κ3) is 4.78. The molecule has 5 heteroatoms. The quantitative estimate of drug-likeness (QED) is 0.388. The molecule has 0 saturated heterocycles. The van der Waals surface area contributed by atoms with Gasteiger partial charge in [0.15, 0.2) is 5.11 Å². The Morgan fingerprint density at radius 2 is 1.93 bits per heavy atom. The van der Waals surface area contributed by atoms with Gasteiger partial charge < -0.3 is 5.73 Å². The molecular formula is C10H11N3OS. The zero-order chi connectivity index (χ0) is 11.1. The Balaban J connectivity index is 2.44. The molecule has 0 atom stereocenters. The number of nitrogens with two attached hydrogens (primary N) is 1. The average Bonchev–Trinajstić information content (AvgIpc) is 2.25. The van der Waals surface area contributed by atoms with Crippen molar-refractivity contribution in [2.24, 2.45) is 5.73 Å². The number of carbonyl (C=O) groups is 1. The molecule has 0 aliphatic carbocycles. The van der Waals surface area contributed by atoms with Crippen molar-refractivity contribution >= 4 is 29.3 Å². The van der Waals surface area contributed by atoms with Crippen molar-refractivity contribution in [3.8, 4) is 0 Å². The van der Waals surface area contributed by atoms with Crippen LogP contribution in [0, 0.1) is 0 Å². The first-order chi connectivity index (χ1) is 7.18. The number of hydrazine groups is 1. The van der Waals surface area contributed by atoms with Crippen LogP contribution in [0.3, 0.4) is 0 Å². The van der Waals surface area contributed by atoms with Crippen molar-refractivity contribution in [1.29, 1.82) is 0 Å². The Hall–Kier alpha value is -1.88. The third-order valence-electron chi connectivity index (χ3n) is 1.54. The normalized spacial score (nSPS) is 9.87. The topological polar surface area (TPSA) is 67.2 Å². The minimum Gasteiger partial charge on any atom is -0.375 e. The van der Waals surface area contributed by atoms with Crippen LogP contribution in [0.4, 0.5) is 0 Å². The second-order valence-corrected chi connectivity index (χ2v) is 3.16. The largest absolute Gasteiger partial charge is 0.375 e. The molecule has 1 amide bonds. The number of hydrogen-bond acceptors (Lipinski definition) is 2. The molecule has 0 saturated carbocycles. The second kappa shape index (κ2) is 5.77. The smallest absolute Gasteiger partial charge is 0.262 e. The molecule has 0 spiro atoms. The zero-order valence-corrected chi connectivity index (χ0v) is 8.75.